The van der Waals surface area contributed by atoms with E-state index in [2.05, 4.69) is 21.2 Å². The largest absolute Gasteiger partial charge is 0.493 e. The van der Waals surface area contributed by atoms with Gasteiger partial charge >= 0.3 is 0 Å². The van der Waals surface area contributed by atoms with Crippen LogP contribution in [0.1, 0.15) is 5.56 Å². The standard InChI is InChI=1S/C19H23BrN2O3/c1-22(13-19(23)21-16-7-5-4-6-15(16)20)11-10-14-8-9-17(24-2)18(12-14)25-3/h4-9,12H,10-11,13H2,1-3H3,(H,21,23)/p+1. The SMILES string of the molecule is COc1ccc(CC[NH+](C)CC(=O)Nc2ccccc2Br)cc1OC. The van der Waals surface area contributed by atoms with Gasteiger partial charge in [0, 0.05) is 10.9 Å². The molecule has 0 radical (unpaired) electrons. The minimum Gasteiger partial charge on any atom is -0.493 e. The summed E-state index contributed by atoms with van der Waals surface area (Å²) in [4.78, 5) is 13.3. The van der Waals surface area contributed by atoms with Crippen molar-refractivity contribution in [2.45, 2.75) is 6.42 Å². The summed E-state index contributed by atoms with van der Waals surface area (Å²) in [6.45, 7) is 1.26. The highest BCUT2D eigenvalue weighted by Gasteiger charge is 2.12. The summed E-state index contributed by atoms with van der Waals surface area (Å²) < 4.78 is 11.5. The molecule has 0 aromatic heterocycles. The van der Waals surface area contributed by atoms with E-state index in [1.807, 2.05) is 49.5 Å². The zero-order chi connectivity index (χ0) is 18.2. The smallest absolute Gasteiger partial charge is 0.279 e. The second kappa shape index (κ2) is 9.44. The molecular weight excluding hydrogens is 384 g/mol. The summed E-state index contributed by atoms with van der Waals surface area (Å²) in [5.74, 6) is 1.45. The van der Waals surface area contributed by atoms with Gasteiger partial charge in [0.1, 0.15) is 0 Å². The maximum absolute atomic E-state index is 12.2. The molecule has 134 valence electrons. The van der Waals surface area contributed by atoms with Gasteiger partial charge in [0.15, 0.2) is 18.0 Å². The molecule has 2 N–H and O–H groups in total. The Hall–Kier alpha value is -2.05. The highest BCUT2D eigenvalue weighted by atomic mass is 79.9. The lowest BCUT2D eigenvalue weighted by Gasteiger charge is -2.15. The molecule has 1 amide bonds. The fraction of sp³-hybridized carbons (Fsp3) is 0.316. The molecule has 0 aliphatic rings. The van der Waals surface area contributed by atoms with Gasteiger partial charge in [0.05, 0.1) is 33.5 Å². The fourth-order valence-corrected chi connectivity index (χ4v) is 2.90. The van der Waals surface area contributed by atoms with Crippen LogP contribution in [-0.2, 0) is 11.2 Å². The van der Waals surface area contributed by atoms with E-state index >= 15 is 0 Å². The number of benzene rings is 2. The molecule has 1 atom stereocenters. The number of likely N-dealkylation sites (N-methyl/N-ethyl adjacent to an activating group) is 1. The second-order valence-corrected chi connectivity index (χ2v) is 6.71. The molecule has 0 saturated heterocycles. The molecular formula is C19H24BrN2O3+. The van der Waals surface area contributed by atoms with Crippen molar-refractivity contribution < 1.29 is 19.2 Å². The highest BCUT2D eigenvalue weighted by molar-refractivity contribution is 9.10. The Labute approximate surface area is 157 Å². The Kier molecular flexibility index (Phi) is 7.28. The summed E-state index contributed by atoms with van der Waals surface area (Å²) in [6.07, 6.45) is 0.856. The summed E-state index contributed by atoms with van der Waals surface area (Å²) in [5.41, 5.74) is 1.95. The zero-order valence-electron chi connectivity index (χ0n) is 14.8. The Morgan fingerprint density at radius 1 is 1.12 bits per heavy atom. The van der Waals surface area contributed by atoms with Gasteiger partial charge in [-0.2, -0.15) is 0 Å². The fourth-order valence-electron chi connectivity index (χ4n) is 2.51. The molecule has 2 rings (SSSR count). The molecule has 0 saturated carbocycles. The van der Waals surface area contributed by atoms with Gasteiger partial charge < -0.3 is 19.7 Å². The van der Waals surface area contributed by atoms with E-state index in [0.29, 0.717) is 6.54 Å². The van der Waals surface area contributed by atoms with Gasteiger partial charge in [-0.05, 0) is 45.8 Å². The molecule has 25 heavy (non-hydrogen) atoms. The van der Waals surface area contributed by atoms with Gasteiger partial charge in [-0.1, -0.05) is 18.2 Å². The predicted octanol–water partition coefficient (Wildman–Crippen LogP) is 2.16. The van der Waals surface area contributed by atoms with Crippen molar-refractivity contribution in [3.05, 3.63) is 52.5 Å². The van der Waals surface area contributed by atoms with Crippen molar-refractivity contribution in [3.63, 3.8) is 0 Å². The van der Waals surface area contributed by atoms with Crippen LogP contribution in [-0.4, -0.2) is 40.3 Å². The molecule has 0 spiro atoms. The van der Waals surface area contributed by atoms with Crippen LogP contribution in [0.25, 0.3) is 0 Å². The number of amides is 1. The number of methoxy groups -OCH3 is 2. The monoisotopic (exact) mass is 407 g/mol. The van der Waals surface area contributed by atoms with Crippen molar-refractivity contribution in [3.8, 4) is 11.5 Å². The average Bonchev–Trinajstić information content (AvgIpc) is 2.61. The third kappa shape index (κ3) is 5.76. The number of hydrogen-bond acceptors (Lipinski definition) is 3. The second-order valence-electron chi connectivity index (χ2n) is 5.85. The van der Waals surface area contributed by atoms with E-state index < -0.39 is 0 Å². The summed E-state index contributed by atoms with van der Waals surface area (Å²) in [6, 6.07) is 13.5. The van der Waals surface area contributed by atoms with E-state index in [4.69, 9.17) is 9.47 Å². The van der Waals surface area contributed by atoms with E-state index in [0.717, 1.165) is 45.1 Å². The number of hydrogen-bond donors (Lipinski definition) is 2. The number of halogens is 1. The number of quaternary nitrogens is 1. The molecule has 2 aromatic rings. The van der Waals surface area contributed by atoms with Gasteiger partial charge in [0.25, 0.3) is 5.91 Å². The van der Waals surface area contributed by atoms with Gasteiger partial charge in [-0.15, -0.1) is 0 Å². The van der Waals surface area contributed by atoms with Crippen LogP contribution in [0, 0.1) is 0 Å². The molecule has 0 heterocycles. The molecule has 1 unspecified atom stereocenters. The van der Waals surface area contributed by atoms with Crippen LogP contribution < -0.4 is 19.7 Å². The van der Waals surface area contributed by atoms with Crippen molar-refractivity contribution in [1.82, 2.24) is 0 Å². The topological polar surface area (TPSA) is 52.0 Å². The molecule has 6 heteroatoms. The van der Waals surface area contributed by atoms with Crippen LogP contribution in [0.2, 0.25) is 0 Å². The van der Waals surface area contributed by atoms with Gasteiger partial charge in [0.2, 0.25) is 0 Å². The van der Waals surface area contributed by atoms with Crippen LogP contribution in [0.3, 0.4) is 0 Å². The van der Waals surface area contributed by atoms with E-state index in [1.165, 1.54) is 0 Å². The number of carbonyl (C=O) groups excluding carboxylic acids is 1. The lowest BCUT2D eigenvalue weighted by molar-refractivity contribution is -0.870. The third-order valence-electron chi connectivity index (χ3n) is 3.90. The maximum Gasteiger partial charge on any atom is 0.279 e. The van der Waals surface area contributed by atoms with Crippen molar-refractivity contribution in [1.29, 1.82) is 0 Å². The summed E-state index contributed by atoms with van der Waals surface area (Å²) >= 11 is 3.43. The molecule has 2 aromatic carbocycles. The molecule has 0 fully saturated rings. The highest BCUT2D eigenvalue weighted by Crippen LogP contribution is 2.27. The number of para-hydroxylation sites is 1. The molecule has 0 aliphatic heterocycles. The summed E-state index contributed by atoms with van der Waals surface area (Å²) in [5, 5.41) is 2.93. The first-order chi connectivity index (χ1) is 12.0. The first-order valence-corrected chi connectivity index (χ1v) is 8.89. The van der Waals surface area contributed by atoms with Crippen LogP contribution in [0.15, 0.2) is 46.9 Å². The minimum absolute atomic E-state index is 0.00304. The maximum atomic E-state index is 12.2. The minimum atomic E-state index is -0.00304. The Bertz CT molecular complexity index is 722. The Morgan fingerprint density at radius 3 is 2.52 bits per heavy atom. The lowest BCUT2D eigenvalue weighted by atomic mass is 10.1. The number of rotatable bonds is 8. The number of anilines is 1. The van der Waals surface area contributed by atoms with Crippen molar-refractivity contribution >= 4 is 27.5 Å². The normalized spacial score (nSPS) is 11.7. The average molecular weight is 408 g/mol. The number of carbonyl (C=O) groups is 1. The van der Waals surface area contributed by atoms with Gasteiger partial charge in [-0.3, -0.25) is 4.79 Å². The Morgan fingerprint density at radius 2 is 1.84 bits per heavy atom. The number of ether oxygens (including phenoxy) is 2. The van der Waals surface area contributed by atoms with Crippen molar-refractivity contribution in [2.24, 2.45) is 0 Å². The lowest BCUT2D eigenvalue weighted by Crippen LogP contribution is -3.10. The molecule has 0 bridgehead atoms. The quantitative estimate of drug-likeness (QED) is 0.704. The van der Waals surface area contributed by atoms with E-state index in [1.54, 1.807) is 14.2 Å². The third-order valence-corrected chi connectivity index (χ3v) is 4.59. The first-order valence-electron chi connectivity index (χ1n) is 8.10. The van der Waals surface area contributed by atoms with E-state index in [-0.39, 0.29) is 5.91 Å². The number of nitrogens with one attached hydrogen (secondary N) is 2. The predicted molar refractivity (Wildman–Crippen MR) is 103 cm³/mol. The van der Waals surface area contributed by atoms with Crippen molar-refractivity contribution in [2.75, 3.05) is 39.7 Å². The van der Waals surface area contributed by atoms with Crippen LogP contribution in [0.4, 0.5) is 5.69 Å². The van der Waals surface area contributed by atoms with Crippen LogP contribution in [0.5, 0.6) is 11.5 Å². The van der Waals surface area contributed by atoms with Gasteiger partial charge in [-0.25, -0.2) is 0 Å². The van der Waals surface area contributed by atoms with E-state index in [9.17, 15) is 4.79 Å². The summed E-state index contributed by atoms with van der Waals surface area (Å²) in [7, 11) is 5.27. The molecule has 5 nitrogen and oxygen atoms in total. The zero-order valence-corrected chi connectivity index (χ0v) is 16.4. The van der Waals surface area contributed by atoms with Crippen LogP contribution >= 0.6 is 15.9 Å². The first kappa shape index (κ1) is 19.3. The Balaban J connectivity index is 1.85. The molecule has 0 aliphatic carbocycles.